The van der Waals surface area contributed by atoms with Gasteiger partial charge in [0.1, 0.15) is 5.01 Å². The summed E-state index contributed by atoms with van der Waals surface area (Å²) < 4.78 is 5.49. The summed E-state index contributed by atoms with van der Waals surface area (Å²) in [5.74, 6) is 0. The molecule has 18 heavy (non-hydrogen) atoms. The van der Waals surface area contributed by atoms with E-state index in [-0.39, 0.29) is 0 Å². The predicted octanol–water partition coefficient (Wildman–Crippen LogP) is 1.95. The number of hydrogen-bond acceptors (Lipinski definition) is 5. The number of morpholine rings is 1. The van der Waals surface area contributed by atoms with Gasteiger partial charge in [0.05, 0.1) is 19.3 Å². The molecule has 0 amide bonds. The van der Waals surface area contributed by atoms with E-state index in [4.69, 9.17) is 4.74 Å². The maximum Gasteiger partial charge on any atom is 0.109 e. The maximum atomic E-state index is 5.49. The largest absolute Gasteiger partial charge is 0.379 e. The van der Waals surface area contributed by atoms with Gasteiger partial charge in [-0.2, -0.15) is 0 Å². The molecular weight excluding hydrogens is 246 g/mol. The van der Waals surface area contributed by atoms with Gasteiger partial charge in [0.2, 0.25) is 0 Å². The fourth-order valence-electron chi connectivity index (χ4n) is 2.38. The second-order valence-electron chi connectivity index (χ2n) is 4.86. The molecule has 0 aliphatic carbocycles. The standard InChI is InChI=1S/C13H23N3OS/c1-3-12(13-15-5-7-18-13)16-10(2)8-11-9-17-6-4-14-11/h5,7,10-12,14,16H,3-4,6,8-9H2,1-2H3. The van der Waals surface area contributed by atoms with Gasteiger partial charge in [-0.3, -0.25) is 0 Å². The average molecular weight is 269 g/mol. The Morgan fingerprint density at radius 2 is 2.56 bits per heavy atom. The van der Waals surface area contributed by atoms with E-state index in [1.807, 2.05) is 11.6 Å². The first-order valence-corrected chi connectivity index (χ1v) is 7.64. The van der Waals surface area contributed by atoms with Crippen molar-refractivity contribution in [1.29, 1.82) is 0 Å². The summed E-state index contributed by atoms with van der Waals surface area (Å²) in [5.41, 5.74) is 0. The normalized spacial score (nSPS) is 23.8. The Hall–Kier alpha value is -0.490. The Labute approximate surface area is 113 Å². The van der Waals surface area contributed by atoms with Crippen molar-refractivity contribution in [3.63, 3.8) is 0 Å². The topological polar surface area (TPSA) is 46.2 Å². The second-order valence-corrected chi connectivity index (χ2v) is 5.79. The molecule has 1 aliphatic rings. The predicted molar refractivity (Wildman–Crippen MR) is 75.0 cm³/mol. The van der Waals surface area contributed by atoms with E-state index in [0.29, 0.717) is 18.1 Å². The van der Waals surface area contributed by atoms with E-state index in [1.54, 1.807) is 11.3 Å². The minimum atomic E-state index is 0.379. The highest BCUT2D eigenvalue weighted by molar-refractivity contribution is 7.09. The van der Waals surface area contributed by atoms with Crippen molar-refractivity contribution in [2.24, 2.45) is 0 Å². The van der Waals surface area contributed by atoms with Crippen LogP contribution in [-0.4, -0.2) is 36.8 Å². The molecule has 0 saturated carbocycles. The second kappa shape index (κ2) is 7.19. The number of nitrogens with one attached hydrogen (secondary N) is 2. The van der Waals surface area contributed by atoms with Gasteiger partial charge < -0.3 is 15.4 Å². The summed E-state index contributed by atoms with van der Waals surface area (Å²) in [6.45, 7) is 7.09. The van der Waals surface area contributed by atoms with Crippen LogP contribution in [0, 0.1) is 0 Å². The number of aromatic nitrogens is 1. The van der Waals surface area contributed by atoms with Crippen LogP contribution in [0.5, 0.6) is 0 Å². The van der Waals surface area contributed by atoms with Crippen LogP contribution in [0.1, 0.15) is 37.7 Å². The number of ether oxygens (including phenoxy) is 1. The van der Waals surface area contributed by atoms with E-state index in [0.717, 1.165) is 32.6 Å². The van der Waals surface area contributed by atoms with Crippen LogP contribution in [-0.2, 0) is 4.74 Å². The van der Waals surface area contributed by atoms with E-state index < -0.39 is 0 Å². The van der Waals surface area contributed by atoms with Crippen LogP contribution < -0.4 is 10.6 Å². The average Bonchev–Trinajstić information content (AvgIpc) is 2.91. The fourth-order valence-corrected chi connectivity index (χ4v) is 3.16. The lowest BCUT2D eigenvalue weighted by molar-refractivity contribution is 0.0707. The Morgan fingerprint density at radius 1 is 1.67 bits per heavy atom. The van der Waals surface area contributed by atoms with Crippen molar-refractivity contribution in [3.05, 3.63) is 16.6 Å². The van der Waals surface area contributed by atoms with Crippen molar-refractivity contribution in [2.75, 3.05) is 19.8 Å². The van der Waals surface area contributed by atoms with Crippen molar-refractivity contribution in [3.8, 4) is 0 Å². The Morgan fingerprint density at radius 3 is 3.17 bits per heavy atom. The van der Waals surface area contributed by atoms with Crippen molar-refractivity contribution >= 4 is 11.3 Å². The lowest BCUT2D eigenvalue weighted by Gasteiger charge is -2.28. The van der Waals surface area contributed by atoms with Gasteiger partial charge in [-0.25, -0.2) is 4.98 Å². The zero-order valence-electron chi connectivity index (χ0n) is 11.2. The molecular formula is C13H23N3OS. The minimum absolute atomic E-state index is 0.379. The molecule has 1 aromatic heterocycles. The van der Waals surface area contributed by atoms with Gasteiger partial charge in [-0.15, -0.1) is 11.3 Å². The highest BCUT2D eigenvalue weighted by Gasteiger charge is 2.19. The van der Waals surface area contributed by atoms with Gasteiger partial charge >= 0.3 is 0 Å². The van der Waals surface area contributed by atoms with Crippen LogP contribution in [0.2, 0.25) is 0 Å². The quantitative estimate of drug-likeness (QED) is 0.828. The first kappa shape index (κ1) is 13.9. The Bertz CT molecular complexity index is 325. The molecule has 1 fully saturated rings. The third-order valence-corrected chi connectivity index (χ3v) is 4.17. The number of hydrogen-bond donors (Lipinski definition) is 2. The molecule has 2 N–H and O–H groups in total. The summed E-state index contributed by atoms with van der Waals surface area (Å²) in [4.78, 5) is 4.40. The molecule has 0 radical (unpaired) electrons. The lowest BCUT2D eigenvalue weighted by Crippen LogP contribution is -2.45. The first-order chi connectivity index (χ1) is 8.79. The number of rotatable bonds is 6. The van der Waals surface area contributed by atoms with Gasteiger partial charge in [0.15, 0.2) is 0 Å². The molecule has 2 rings (SSSR count). The molecule has 102 valence electrons. The van der Waals surface area contributed by atoms with Gasteiger partial charge in [-0.1, -0.05) is 6.92 Å². The van der Waals surface area contributed by atoms with E-state index in [1.165, 1.54) is 5.01 Å². The number of thiazole rings is 1. The molecule has 0 bridgehead atoms. The molecule has 1 aliphatic heterocycles. The molecule has 0 aromatic carbocycles. The van der Waals surface area contributed by atoms with Crippen molar-refractivity contribution < 1.29 is 4.74 Å². The maximum absolute atomic E-state index is 5.49. The highest BCUT2D eigenvalue weighted by atomic mass is 32.1. The zero-order chi connectivity index (χ0) is 12.8. The molecule has 3 atom stereocenters. The summed E-state index contributed by atoms with van der Waals surface area (Å²) in [6, 6.07) is 1.33. The van der Waals surface area contributed by atoms with Gasteiger partial charge in [0.25, 0.3) is 0 Å². The molecule has 5 heteroatoms. The SMILES string of the molecule is CCC(NC(C)CC1COCCN1)c1nccs1. The smallest absolute Gasteiger partial charge is 0.109 e. The zero-order valence-corrected chi connectivity index (χ0v) is 12.0. The summed E-state index contributed by atoms with van der Waals surface area (Å²) >= 11 is 1.73. The van der Waals surface area contributed by atoms with Crippen molar-refractivity contribution in [2.45, 2.75) is 44.8 Å². The van der Waals surface area contributed by atoms with E-state index in [2.05, 4.69) is 29.5 Å². The van der Waals surface area contributed by atoms with Crippen LogP contribution in [0.25, 0.3) is 0 Å². The summed E-state index contributed by atoms with van der Waals surface area (Å²) in [6.07, 6.45) is 4.06. The summed E-state index contributed by atoms with van der Waals surface area (Å²) in [7, 11) is 0. The first-order valence-electron chi connectivity index (χ1n) is 6.76. The molecule has 1 saturated heterocycles. The van der Waals surface area contributed by atoms with Gasteiger partial charge in [-0.05, 0) is 19.8 Å². The molecule has 1 aromatic rings. The Balaban J connectivity index is 1.79. The molecule has 4 nitrogen and oxygen atoms in total. The van der Waals surface area contributed by atoms with Crippen LogP contribution in [0.3, 0.4) is 0 Å². The molecule has 2 heterocycles. The van der Waals surface area contributed by atoms with Gasteiger partial charge in [0, 0.05) is 30.2 Å². The van der Waals surface area contributed by atoms with Crippen LogP contribution in [0.15, 0.2) is 11.6 Å². The number of nitrogens with zero attached hydrogens (tertiary/aromatic N) is 1. The highest BCUT2D eigenvalue weighted by Crippen LogP contribution is 2.20. The lowest BCUT2D eigenvalue weighted by atomic mass is 10.1. The fraction of sp³-hybridized carbons (Fsp3) is 0.769. The third kappa shape index (κ3) is 4.02. The molecule has 3 unspecified atom stereocenters. The summed E-state index contributed by atoms with van der Waals surface area (Å²) in [5, 5.41) is 10.4. The monoisotopic (exact) mass is 269 g/mol. The Kier molecular flexibility index (Phi) is 5.56. The molecule has 0 spiro atoms. The third-order valence-electron chi connectivity index (χ3n) is 3.28. The van der Waals surface area contributed by atoms with Crippen LogP contribution >= 0.6 is 11.3 Å². The van der Waals surface area contributed by atoms with Crippen molar-refractivity contribution in [1.82, 2.24) is 15.6 Å². The van der Waals surface area contributed by atoms with E-state index in [9.17, 15) is 0 Å². The minimum Gasteiger partial charge on any atom is -0.379 e. The van der Waals surface area contributed by atoms with Crippen LogP contribution in [0.4, 0.5) is 0 Å². The van der Waals surface area contributed by atoms with E-state index >= 15 is 0 Å².